The van der Waals surface area contributed by atoms with Gasteiger partial charge in [0, 0.05) is 20.0 Å². The summed E-state index contributed by atoms with van der Waals surface area (Å²) in [5, 5.41) is 12.2. The maximum atomic E-state index is 13.1. The molecular formula is C18H17Cl2N5O. The third-order valence-electron chi connectivity index (χ3n) is 4.02. The summed E-state index contributed by atoms with van der Waals surface area (Å²) in [6, 6.07) is 14.6. The second-order valence-electron chi connectivity index (χ2n) is 5.94. The number of amides is 1. The van der Waals surface area contributed by atoms with Crippen molar-refractivity contribution < 1.29 is 4.79 Å². The molecule has 1 amide bonds. The molecule has 3 aromatic rings. The van der Waals surface area contributed by atoms with Gasteiger partial charge in [0.2, 0.25) is 5.91 Å². The maximum Gasteiger partial charge on any atom is 0.247 e. The number of carbonyl (C=O) groups is 1. The van der Waals surface area contributed by atoms with Crippen molar-refractivity contribution in [1.82, 2.24) is 25.1 Å². The van der Waals surface area contributed by atoms with Crippen molar-refractivity contribution in [1.29, 1.82) is 0 Å². The number of nitrogens with zero attached hydrogens (tertiary/aromatic N) is 5. The van der Waals surface area contributed by atoms with Gasteiger partial charge < -0.3 is 4.90 Å². The Kier molecular flexibility index (Phi) is 5.85. The fraction of sp³-hybridized carbons (Fsp3) is 0.222. The number of carbonyl (C=O) groups excluding carboxylic acids is 1. The average Bonchev–Trinajstić information content (AvgIpc) is 3.17. The van der Waals surface area contributed by atoms with Crippen LogP contribution in [0.2, 0.25) is 10.0 Å². The number of tetrazole rings is 1. The first-order valence-corrected chi connectivity index (χ1v) is 8.75. The summed E-state index contributed by atoms with van der Waals surface area (Å²) in [7, 11) is 1.74. The Bertz CT molecular complexity index is 871. The summed E-state index contributed by atoms with van der Waals surface area (Å²) >= 11 is 12.0. The number of aromatic nitrogens is 4. The number of halogens is 2. The Morgan fingerprint density at radius 2 is 1.88 bits per heavy atom. The Hall–Kier alpha value is -2.44. The topological polar surface area (TPSA) is 63.9 Å². The minimum absolute atomic E-state index is 0.0905. The van der Waals surface area contributed by atoms with Gasteiger partial charge in [0.1, 0.15) is 12.4 Å². The van der Waals surface area contributed by atoms with E-state index < -0.39 is 6.04 Å². The Balaban J connectivity index is 1.79. The first kappa shape index (κ1) is 18.4. The molecule has 0 spiro atoms. The highest BCUT2D eigenvalue weighted by molar-refractivity contribution is 6.42. The van der Waals surface area contributed by atoms with E-state index in [9.17, 15) is 4.79 Å². The van der Waals surface area contributed by atoms with Crippen LogP contribution in [0.25, 0.3) is 0 Å². The minimum atomic E-state index is -0.528. The molecular weight excluding hydrogens is 373 g/mol. The fourth-order valence-corrected chi connectivity index (χ4v) is 3.01. The van der Waals surface area contributed by atoms with Crippen LogP contribution >= 0.6 is 23.2 Å². The first-order valence-electron chi connectivity index (χ1n) is 8.00. The van der Waals surface area contributed by atoms with Gasteiger partial charge in [-0.1, -0.05) is 59.6 Å². The molecule has 1 unspecified atom stereocenters. The zero-order valence-corrected chi connectivity index (χ0v) is 15.6. The van der Waals surface area contributed by atoms with Gasteiger partial charge in [-0.25, -0.2) is 4.68 Å². The molecule has 1 heterocycles. The molecule has 1 aromatic heterocycles. The van der Waals surface area contributed by atoms with E-state index in [0.717, 1.165) is 11.1 Å². The van der Waals surface area contributed by atoms with E-state index in [2.05, 4.69) is 15.5 Å². The molecule has 0 N–H and O–H groups in total. The lowest BCUT2D eigenvalue weighted by molar-refractivity contribution is -0.134. The van der Waals surface area contributed by atoms with Crippen LogP contribution in [0, 0.1) is 0 Å². The van der Waals surface area contributed by atoms with Gasteiger partial charge >= 0.3 is 0 Å². The molecule has 3 rings (SSSR count). The highest BCUT2D eigenvalue weighted by atomic mass is 35.5. The predicted octanol–water partition coefficient (Wildman–Crippen LogP) is 3.42. The monoisotopic (exact) mass is 389 g/mol. The van der Waals surface area contributed by atoms with Crippen molar-refractivity contribution in [2.24, 2.45) is 0 Å². The van der Waals surface area contributed by atoms with Gasteiger partial charge in [0.05, 0.1) is 10.0 Å². The van der Waals surface area contributed by atoms with Crippen molar-refractivity contribution >= 4 is 29.1 Å². The van der Waals surface area contributed by atoms with E-state index in [0.29, 0.717) is 23.0 Å². The molecule has 26 heavy (non-hydrogen) atoms. The standard InChI is InChI=1S/C18H17Cl2N5O/c1-24(11-14-7-8-15(19)16(20)9-14)18(26)17(25-12-21-22-23-25)10-13-5-3-2-4-6-13/h2-9,12,17H,10-11H2,1H3. The number of hydrogen-bond donors (Lipinski definition) is 0. The molecule has 0 aliphatic carbocycles. The molecule has 0 aliphatic rings. The highest BCUT2D eigenvalue weighted by Crippen LogP contribution is 2.24. The molecule has 0 fully saturated rings. The number of likely N-dealkylation sites (N-methyl/N-ethyl adjacent to an activating group) is 1. The minimum Gasteiger partial charge on any atom is -0.340 e. The van der Waals surface area contributed by atoms with Crippen LogP contribution in [0.15, 0.2) is 54.9 Å². The Labute approximate surface area is 161 Å². The average molecular weight is 390 g/mol. The van der Waals surface area contributed by atoms with Gasteiger partial charge in [-0.15, -0.1) is 5.10 Å². The Morgan fingerprint density at radius 1 is 1.12 bits per heavy atom. The van der Waals surface area contributed by atoms with Crippen LogP contribution < -0.4 is 0 Å². The van der Waals surface area contributed by atoms with Crippen molar-refractivity contribution in [3.05, 3.63) is 76.0 Å². The smallest absolute Gasteiger partial charge is 0.247 e. The summed E-state index contributed by atoms with van der Waals surface area (Å²) in [5.74, 6) is -0.0905. The second kappa shape index (κ2) is 8.29. The van der Waals surface area contributed by atoms with Crippen molar-refractivity contribution in [2.45, 2.75) is 19.0 Å². The number of rotatable bonds is 6. The van der Waals surface area contributed by atoms with Gasteiger partial charge in [-0.2, -0.15) is 0 Å². The molecule has 134 valence electrons. The number of hydrogen-bond acceptors (Lipinski definition) is 4. The molecule has 6 nitrogen and oxygen atoms in total. The third kappa shape index (κ3) is 4.39. The molecule has 0 radical (unpaired) electrons. The first-order chi connectivity index (χ1) is 12.5. The molecule has 1 atom stereocenters. The molecule has 0 saturated carbocycles. The summed E-state index contributed by atoms with van der Waals surface area (Å²) in [5.41, 5.74) is 1.93. The van der Waals surface area contributed by atoms with E-state index in [-0.39, 0.29) is 5.91 Å². The van der Waals surface area contributed by atoms with Gasteiger partial charge in [0.15, 0.2) is 0 Å². The summed E-state index contributed by atoms with van der Waals surface area (Å²) in [4.78, 5) is 14.7. The fourth-order valence-electron chi connectivity index (χ4n) is 2.69. The number of benzene rings is 2. The molecule has 0 saturated heterocycles. The summed E-state index contributed by atoms with van der Waals surface area (Å²) in [6.07, 6.45) is 1.95. The van der Waals surface area contributed by atoms with E-state index in [4.69, 9.17) is 23.2 Å². The van der Waals surface area contributed by atoms with Crippen molar-refractivity contribution in [3.63, 3.8) is 0 Å². The lowest BCUT2D eigenvalue weighted by Gasteiger charge is -2.24. The maximum absolute atomic E-state index is 13.1. The van der Waals surface area contributed by atoms with E-state index >= 15 is 0 Å². The van der Waals surface area contributed by atoms with Gasteiger partial charge in [-0.3, -0.25) is 4.79 Å². The van der Waals surface area contributed by atoms with Crippen LogP contribution in [0.3, 0.4) is 0 Å². The normalized spacial score (nSPS) is 12.0. The van der Waals surface area contributed by atoms with Gasteiger partial charge in [0.25, 0.3) is 0 Å². The predicted molar refractivity (Wildman–Crippen MR) is 99.9 cm³/mol. The lowest BCUT2D eigenvalue weighted by Crippen LogP contribution is -2.35. The van der Waals surface area contributed by atoms with Crippen LogP contribution in [0.5, 0.6) is 0 Å². The molecule has 2 aromatic carbocycles. The van der Waals surface area contributed by atoms with Crippen LogP contribution in [-0.2, 0) is 17.8 Å². The van der Waals surface area contributed by atoms with E-state index in [1.807, 2.05) is 36.4 Å². The SMILES string of the molecule is CN(Cc1ccc(Cl)c(Cl)c1)C(=O)C(Cc1ccccc1)n1cnnn1. The van der Waals surface area contributed by atoms with Crippen LogP contribution in [0.1, 0.15) is 17.2 Å². The molecule has 0 aliphatic heterocycles. The third-order valence-corrected chi connectivity index (χ3v) is 4.76. The zero-order chi connectivity index (χ0) is 18.5. The van der Waals surface area contributed by atoms with Gasteiger partial charge in [-0.05, 0) is 33.7 Å². The second-order valence-corrected chi connectivity index (χ2v) is 6.75. The lowest BCUT2D eigenvalue weighted by atomic mass is 10.0. The Morgan fingerprint density at radius 3 is 2.54 bits per heavy atom. The zero-order valence-electron chi connectivity index (χ0n) is 14.1. The molecule has 8 heteroatoms. The van der Waals surface area contributed by atoms with Crippen molar-refractivity contribution in [3.8, 4) is 0 Å². The largest absolute Gasteiger partial charge is 0.340 e. The highest BCUT2D eigenvalue weighted by Gasteiger charge is 2.25. The quantitative estimate of drug-likeness (QED) is 0.647. The summed E-state index contributed by atoms with van der Waals surface area (Å²) < 4.78 is 1.49. The van der Waals surface area contributed by atoms with E-state index in [1.54, 1.807) is 24.1 Å². The molecule has 0 bridgehead atoms. The van der Waals surface area contributed by atoms with E-state index in [1.165, 1.54) is 11.0 Å². The van der Waals surface area contributed by atoms with Crippen molar-refractivity contribution in [2.75, 3.05) is 7.05 Å². The van der Waals surface area contributed by atoms with Crippen LogP contribution in [-0.4, -0.2) is 38.1 Å². The van der Waals surface area contributed by atoms with Crippen LogP contribution in [0.4, 0.5) is 0 Å². The summed E-state index contributed by atoms with van der Waals surface area (Å²) in [6.45, 7) is 0.406.